The maximum atomic E-state index is 5.90. The molecule has 0 radical (unpaired) electrons. The van der Waals surface area contributed by atoms with Gasteiger partial charge in [0.05, 0.1) is 0 Å². The molecule has 1 rings (SSSR count). The quantitative estimate of drug-likeness (QED) is 0.519. The first-order valence-corrected chi connectivity index (χ1v) is 3.48. The van der Waals surface area contributed by atoms with Crippen molar-refractivity contribution in [3.8, 4) is 0 Å². The molecule has 2 heteroatoms. The highest BCUT2D eigenvalue weighted by Gasteiger charge is 2.23. The minimum absolute atomic E-state index is 0.219. The summed E-state index contributed by atoms with van der Waals surface area (Å²) in [6, 6.07) is 0. The molecule has 0 amide bonds. The normalized spacial score (nSPS) is 39.5. The van der Waals surface area contributed by atoms with Gasteiger partial charge < -0.3 is 11.5 Å². The topological polar surface area (TPSA) is 52.0 Å². The summed E-state index contributed by atoms with van der Waals surface area (Å²) in [5.41, 5.74) is 12.1. The zero-order chi connectivity index (χ0) is 7.78. The Hall–Kier alpha value is -0.760. The van der Waals surface area contributed by atoms with E-state index in [0.29, 0.717) is 5.92 Å². The van der Waals surface area contributed by atoms with Gasteiger partial charge >= 0.3 is 0 Å². The second-order valence-electron chi connectivity index (χ2n) is 3.15. The van der Waals surface area contributed by atoms with Crippen LogP contribution in [0, 0.1) is 5.92 Å². The Labute approximate surface area is 61.6 Å². The van der Waals surface area contributed by atoms with Gasteiger partial charge in [-0.05, 0) is 18.9 Å². The second-order valence-corrected chi connectivity index (χ2v) is 3.15. The molecular weight excluding hydrogens is 124 g/mol. The molecule has 4 N–H and O–H groups in total. The molecule has 1 aliphatic rings. The molecule has 0 heterocycles. The number of hydrogen-bond donors (Lipinski definition) is 2. The zero-order valence-corrected chi connectivity index (χ0v) is 6.46. The first-order chi connectivity index (χ1) is 4.52. The van der Waals surface area contributed by atoms with Gasteiger partial charge in [-0.1, -0.05) is 19.1 Å². The second kappa shape index (κ2) is 2.13. The fraction of sp³-hybridized carbons (Fsp3) is 0.500. The highest BCUT2D eigenvalue weighted by Crippen LogP contribution is 2.21. The van der Waals surface area contributed by atoms with Gasteiger partial charge in [0.1, 0.15) is 0 Å². The van der Waals surface area contributed by atoms with Crippen LogP contribution in [-0.2, 0) is 0 Å². The summed E-state index contributed by atoms with van der Waals surface area (Å²) >= 11 is 0. The lowest BCUT2D eigenvalue weighted by atomic mass is 9.84. The molecule has 0 saturated carbocycles. The van der Waals surface area contributed by atoms with Crippen LogP contribution in [0.5, 0.6) is 0 Å². The van der Waals surface area contributed by atoms with E-state index in [4.69, 9.17) is 11.5 Å². The number of rotatable bonds is 0. The van der Waals surface area contributed by atoms with E-state index >= 15 is 0 Å². The van der Waals surface area contributed by atoms with E-state index in [-0.39, 0.29) is 5.54 Å². The Kier molecular flexibility index (Phi) is 1.57. The van der Waals surface area contributed by atoms with Crippen LogP contribution in [0.3, 0.4) is 0 Å². The van der Waals surface area contributed by atoms with Gasteiger partial charge in [0, 0.05) is 11.2 Å². The van der Waals surface area contributed by atoms with Crippen LogP contribution >= 0.6 is 0 Å². The maximum Gasteiger partial charge on any atom is 0.0376 e. The molecule has 2 unspecified atom stereocenters. The van der Waals surface area contributed by atoms with Gasteiger partial charge in [-0.3, -0.25) is 0 Å². The molecular formula is C8H14N2. The highest BCUT2D eigenvalue weighted by molar-refractivity contribution is 5.27. The van der Waals surface area contributed by atoms with E-state index in [9.17, 15) is 0 Å². The number of allylic oxidation sites excluding steroid dienone is 1. The SMILES string of the molecule is CC1C=C(N)C=CC1(C)N. The van der Waals surface area contributed by atoms with Crippen molar-refractivity contribution in [3.05, 3.63) is 23.9 Å². The molecule has 0 aliphatic heterocycles. The van der Waals surface area contributed by atoms with Crippen molar-refractivity contribution in [2.45, 2.75) is 19.4 Å². The molecule has 0 spiro atoms. The zero-order valence-electron chi connectivity index (χ0n) is 6.46. The fourth-order valence-electron chi connectivity index (χ4n) is 0.951. The number of nitrogens with two attached hydrogens (primary N) is 2. The third-order valence-electron chi connectivity index (χ3n) is 2.06. The lowest BCUT2D eigenvalue weighted by molar-refractivity contribution is 0.452. The number of hydrogen-bond acceptors (Lipinski definition) is 2. The molecule has 2 nitrogen and oxygen atoms in total. The predicted octanol–water partition coefficient (Wildman–Crippen LogP) is 0.752. The summed E-state index contributed by atoms with van der Waals surface area (Å²) in [5, 5.41) is 0. The molecule has 1 aliphatic carbocycles. The van der Waals surface area contributed by atoms with Gasteiger partial charge in [-0.25, -0.2) is 0 Å². The molecule has 0 bridgehead atoms. The van der Waals surface area contributed by atoms with Gasteiger partial charge in [-0.15, -0.1) is 0 Å². The maximum absolute atomic E-state index is 5.90. The fourth-order valence-corrected chi connectivity index (χ4v) is 0.951. The average molecular weight is 138 g/mol. The van der Waals surface area contributed by atoms with E-state index in [0.717, 1.165) is 5.70 Å². The summed E-state index contributed by atoms with van der Waals surface area (Å²) in [7, 11) is 0. The monoisotopic (exact) mass is 138 g/mol. The standard InChI is InChI=1S/C8H14N2/c1-6-5-7(9)3-4-8(6,2)10/h3-6H,9-10H2,1-2H3. The smallest absolute Gasteiger partial charge is 0.0376 e. The van der Waals surface area contributed by atoms with Crippen LogP contribution in [0.1, 0.15) is 13.8 Å². The molecule has 0 aromatic rings. The minimum atomic E-state index is -0.219. The van der Waals surface area contributed by atoms with Crippen molar-refractivity contribution in [1.82, 2.24) is 0 Å². The Bertz CT molecular complexity index is 189. The molecule has 0 aromatic carbocycles. The van der Waals surface area contributed by atoms with E-state index in [1.54, 1.807) is 0 Å². The minimum Gasteiger partial charge on any atom is -0.399 e. The van der Waals surface area contributed by atoms with Crippen LogP contribution in [0.15, 0.2) is 23.9 Å². The van der Waals surface area contributed by atoms with E-state index < -0.39 is 0 Å². The van der Waals surface area contributed by atoms with Gasteiger partial charge in [-0.2, -0.15) is 0 Å². The van der Waals surface area contributed by atoms with Gasteiger partial charge in [0.25, 0.3) is 0 Å². The lowest BCUT2D eigenvalue weighted by Crippen LogP contribution is -2.41. The van der Waals surface area contributed by atoms with Gasteiger partial charge in [0.15, 0.2) is 0 Å². The van der Waals surface area contributed by atoms with E-state index in [1.165, 1.54) is 0 Å². The third kappa shape index (κ3) is 1.21. The Morgan fingerprint density at radius 3 is 2.60 bits per heavy atom. The largest absolute Gasteiger partial charge is 0.399 e. The summed E-state index contributed by atoms with van der Waals surface area (Å²) in [5.74, 6) is 0.331. The molecule has 2 atom stereocenters. The van der Waals surface area contributed by atoms with Crippen LogP contribution < -0.4 is 11.5 Å². The van der Waals surface area contributed by atoms with Crippen molar-refractivity contribution in [3.63, 3.8) is 0 Å². The van der Waals surface area contributed by atoms with Crippen LogP contribution in [0.25, 0.3) is 0 Å². The molecule has 0 fully saturated rings. The summed E-state index contributed by atoms with van der Waals surface area (Å²) < 4.78 is 0. The first kappa shape index (κ1) is 7.35. The highest BCUT2D eigenvalue weighted by atomic mass is 14.7. The van der Waals surface area contributed by atoms with Crippen molar-refractivity contribution in [1.29, 1.82) is 0 Å². The average Bonchev–Trinajstić information content (AvgIpc) is 1.81. The van der Waals surface area contributed by atoms with Crippen LogP contribution in [0.4, 0.5) is 0 Å². The van der Waals surface area contributed by atoms with Crippen LogP contribution in [-0.4, -0.2) is 5.54 Å². The summed E-state index contributed by atoms with van der Waals surface area (Å²) in [6.07, 6.45) is 5.80. The van der Waals surface area contributed by atoms with Gasteiger partial charge in [0.2, 0.25) is 0 Å². The Morgan fingerprint density at radius 1 is 1.60 bits per heavy atom. The summed E-state index contributed by atoms with van der Waals surface area (Å²) in [6.45, 7) is 4.06. The van der Waals surface area contributed by atoms with Crippen molar-refractivity contribution < 1.29 is 0 Å². The van der Waals surface area contributed by atoms with Crippen molar-refractivity contribution in [2.75, 3.05) is 0 Å². The Balaban J connectivity index is 2.84. The molecule has 0 saturated heterocycles. The van der Waals surface area contributed by atoms with E-state index in [2.05, 4.69) is 6.92 Å². The first-order valence-electron chi connectivity index (χ1n) is 3.48. The third-order valence-corrected chi connectivity index (χ3v) is 2.06. The molecule has 56 valence electrons. The molecule has 10 heavy (non-hydrogen) atoms. The van der Waals surface area contributed by atoms with E-state index in [1.807, 2.05) is 25.2 Å². The van der Waals surface area contributed by atoms with Crippen LogP contribution in [0.2, 0.25) is 0 Å². The summed E-state index contributed by atoms with van der Waals surface area (Å²) in [4.78, 5) is 0. The lowest BCUT2D eigenvalue weighted by Gasteiger charge is -2.29. The molecule has 0 aromatic heterocycles. The Morgan fingerprint density at radius 2 is 2.20 bits per heavy atom. The van der Waals surface area contributed by atoms with Crippen molar-refractivity contribution >= 4 is 0 Å². The predicted molar refractivity (Wildman–Crippen MR) is 43.2 cm³/mol. The van der Waals surface area contributed by atoms with Crippen molar-refractivity contribution in [2.24, 2.45) is 17.4 Å².